The van der Waals surface area contributed by atoms with Crippen molar-refractivity contribution in [2.24, 2.45) is 10.9 Å². The van der Waals surface area contributed by atoms with E-state index in [9.17, 15) is 4.39 Å². The predicted molar refractivity (Wildman–Crippen MR) is 81.2 cm³/mol. The van der Waals surface area contributed by atoms with Crippen molar-refractivity contribution in [2.45, 2.75) is 32.7 Å². The average molecular weight is 280 g/mol. The largest absolute Gasteiger partial charge is 0.362 e. The molecule has 1 N–H and O–H groups in total. The molecule has 1 aromatic rings. The maximum absolute atomic E-state index is 13.5. The van der Waals surface area contributed by atoms with Crippen LogP contribution >= 0.6 is 11.8 Å². The molecule has 1 heterocycles. The molecule has 0 bridgehead atoms. The van der Waals surface area contributed by atoms with Crippen LogP contribution in [-0.4, -0.2) is 23.5 Å². The van der Waals surface area contributed by atoms with Gasteiger partial charge >= 0.3 is 0 Å². The molecule has 1 aromatic carbocycles. The van der Waals surface area contributed by atoms with E-state index >= 15 is 0 Å². The molecule has 1 atom stereocenters. The molecule has 19 heavy (non-hydrogen) atoms. The summed E-state index contributed by atoms with van der Waals surface area (Å²) in [5, 5.41) is 4.49. The second-order valence-corrected chi connectivity index (χ2v) is 6.24. The van der Waals surface area contributed by atoms with Gasteiger partial charge in [0.05, 0.1) is 0 Å². The van der Waals surface area contributed by atoms with Crippen molar-refractivity contribution in [1.82, 2.24) is 5.32 Å². The number of amidine groups is 1. The summed E-state index contributed by atoms with van der Waals surface area (Å²) in [6.07, 6.45) is 1.85. The minimum Gasteiger partial charge on any atom is -0.362 e. The number of nitrogens with one attached hydrogen (secondary N) is 1. The Morgan fingerprint density at radius 2 is 2.21 bits per heavy atom. The fourth-order valence-electron chi connectivity index (χ4n) is 2.13. The Morgan fingerprint density at radius 3 is 2.95 bits per heavy atom. The zero-order valence-corrected chi connectivity index (χ0v) is 12.3. The Morgan fingerprint density at radius 1 is 1.42 bits per heavy atom. The standard InChI is InChI=1S/C15H21FN2S/c1-11(2)14-8-10-19-15(18-14)17-9-7-12-5-3-4-6-13(12)16/h3-6,11,14H,7-10H2,1-2H3,(H,17,18). The van der Waals surface area contributed by atoms with Crippen molar-refractivity contribution in [3.63, 3.8) is 0 Å². The molecule has 1 aliphatic rings. The molecule has 1 aliphatic heterocycles. The Labute approximate surface area is 118 Å². The summed E-state index contributed by atoms with van der Waals surface area (Å²) in [7, 11) is 0. The molecule has 0 radical (unpaired) electrons. The molecular formula is C15H21FN2S. The molecule has 0 aromatic heterocycles. The van der Waals surface area contributed by atoms with Crippen LogP contribution in [0.1, 0.15) is 25.8 Å². The van der Waals surface area contributed by atoms with Crippen LogP contribution < -0.4 is 5.32 Å². The van der Waals surface area contributed by atoms with Gasteiger partial charge in [0.25, 0.3) is 0 Å². The Kier molecular flexibility index (Phi) is 5.25. The van der Waals surface area contributed by atoms with Crippen LogP contribution in [0.4, 0.5) is 4.39 Å². The molecule has 4 heteroatoms. The summed E-state index contributed by atoms with van der Waals surface area (Å²) in [4.78, 5) is 4.55. The number of benzene rings is 1. The van der Waals surface area contributed by atoms with Crippen LogP contribution in [0.2, 0.25) is 0 Å². The number of rotatable bonds is 4. The molecule has 1 saturated heterocycles. The smallest absolute Gasteiger partial charge is 0.156 e. The van der Waals surface area contributed by atoms with Gasteiger partial charge in [0.2, 0.25) is 0 Å². The highest BCUT2D eigenvalue weighted by Crippen LogP contribution is 2.18. The predicted octanol–water partition coefficient (Wildman–Crippen LogP) is 3.48. The third kappa shape index (κ3) is 4.23. The van der Waals surface area contributed by atoms with Crippen LogP contribution in [0.15, 0.2) is 29.3 Å². The van der Waals surface area contributed by atoms with Gasteiger partial charge in [-0.15, -0.1) is 0 Å². The fraction of sp³-hybridized carbons (Fsp3) is 0.533. The van der Waals surface area contributed by atoms with Gasteiger partial charge in [-0.2, -0.15) is 0 Å². The molecule has 1 unspecified atom stereocenters. The summed E-state index contributed by atoms with van der Waals surface area (Å²) < 4.78 is 13.5. The second-order valence-electron chi connectivity index (χ2n) is 5.16. The number of halogens is 1. The van der Waals surface area contributed by atoms with Crippen molar-refractivity contribution in [2.75, 3.05) is 12.3 Å². The van der Waals surface area contributed by atoms with Crippen LogP contribution in [0.5, 0.6) is 0 Å². The van der Waals surface area contributed by atoms with E-state index in [0.29, 0.717) is 24.9 Å². The number of aliphatic imine (C=N–C) groups is 1. The maximum Gasteiger partial charge on any atom is 0.156 e. The molecule has 2 rings (SSSR count). The number of hydrogen-bond donors (Lipinski definition) is 1. The zero-order valence-electron chi connectivity index (χ0n) is 11.5. The van der Waals surface area contributed by atoms with E-state index in [1.54, 1.807) is 17.8 Å². The van der Waals surface area contributed by atoms with Gasteiger partial charge in [0, 0.05) is 18.3 Å². The van der Waals surface area contributed by atoms with Crippen LogP contribution in [0.3, 0.4) is 0 Å². The van der Waals surface area contributed by atoms with Gasteiger partial charge < -0.3 is 5.32 Å². The molecule has 0 spiro atoms. The van der Waals surface area contributed by atoms with E-state index in [4.69, 9.17) is 0 Å². The van der Waals surface area contributed by atoms with Gasteiger partial charge in [-0.3, -0.25) is 4.99 Å². The highest BCUT2D eigenvalue weighted by molar-refractivity contribution is 8.13. The quantitative estimate of drug-likeness (QED) is 0.913. The number of thioether (sulfide) groups is 1. The molecule has 0 amide bonds. The lowest BCUT2D eigenvalue weighted by molar-refractivity contribution is 0.442. The van der Waals surface area contributed by atoms with Gasteiger partial charge in [-0.1, -0.05) is 43.8 Å². The van der Waals surface area contributed by atoms with Crippen LogP contribution in [-0.2, 0) is 6.42 Å². The van der Waals surface area contributed by atoms with Gasteiger partial charge in [0.15, 0.2) is 5.17 Å². The lowest BCUT2D eigenvalue weighted by Gasteiger charge is -2.28. The SMILES string of the molecule is CC(C)C1CCSC(=NCCc2ccccc2F)N1. The highest BCUT2D eigenvalue weighted by Gasteiger charge is 2.19. The van der Waals surface area contributed by atoms with E-state index in [2.05, 4.69) is 24.2 Å². The Bertz CT molecular complexity index is 446. The van der Waals surface area contributed by atoms with Crippen molar-refractivity contribution in [1.29, 1.82) is 0 Å². The van der Waals surface area contributed by atoms with Crippen molar-refractivity contribution >= 4 is 16.9 Å². The average Bonchev–Trinajstić information content (AvgIpc) is 2.41. The van der Waals surface area contributed by atoms with Gasteiger partial charge in [-0.25, -0.2) is 4.39 Å². The number of nitrogens with zero attached hydrogens (tertiary/aromatic N) is 1. The lowest BCUT2D eigenvalue weighted by Crippen LogP contribution is -2.41. The van der Waals surface area contributed by atoms with E-state index < -0.39 is 0 Å². The Hall–Kier alpha value is -1.03. The van der Waals surface area contributed by atoms with Crippen molar-refractivity contribution < 1.29 is 4.39 Å². The molecule has 1 fully saturated rings. The highest BCUT2D eigenvalue weighted by atomic mass is 32.2. The topological polar surface area (TPSA) is 24.4 Å². The van der Waals surface area contributed by atoms with E-state index in [0.717, 1.165) is 16.5 Å². The molecule has 0 aliphatic carbocycles. The summed E-state index contributed by atoms with van der Waals surface area (Å²) >= 11 is 1.77. The normalized spacial score (nSPS) is 21.7. The summed E-state index contributed by atoms with van der Waals surface area (Å²) in [5.74, 6) is 1.61. The van der Waals surface area contributed by atoms with E-state index in [1.165, 1.54) is 12.5 Å². The van der Waals surface area contributed by atoms with Crippen LogP contribution in [0.25, 0.3) is 0 Å². The van der Waals surface area contributed by atoms with Crippen molar-refractivity contribution in [3.05, 3.63) is 35.6 Å². The van der Waals surface area contributed by atoms with Crippen molar-refractivity contribution in [3.8, 4) is 0 Å². The number of hydrogen-bond acceptors (Lipinski definition) is 2. The third-order valence-corrected chi connectivity index (χ3v) is 4.34. The first kappa shape index (κ1) is 14.4. The monoisotopic (exact) mass is 280 g/mol. The zero-order chi connectivity index (χ0) is 13.7. The lowest BCUT2D eigenvalue weighted by atomic mass is 10.0. The van der Waals surface area contributed by atoms with Crippen LogP contribution in [0, 0.1) is 11.7 Å². The molecule has 2 nitrogen and oxygen atoms in total. The minimum absolute atomic E-state index is 0.132. The second kappa shape index (κ2) is 6.94. The molecule has 0 saturated carbocycles. The van der Waals surface area contributed by atoms with E-state index in [-0.39, 0.29) is 5.82 Å². The van der Waals surface area contributed by atoms with Gasteiger partial charge in [-0.05, 0) is 30.4 Å². The third-order valence-electron chi connectivity index (χ3n) is 3.38. The summed E-state index contributed by atoms with van der Waals surface area (Å²) in [6, 6.07) is 7.44. The first-order valence-electron chi connectivity index (χ1n) is 6.84. The van der Waals surface area contributed by atoms with Gasteiger partial charge in [0.1, 0.15) is 5.82 Å². The first-order valence-corrected chi connectivity index (χ1v) is 7.82. The van der Waals surface area contributed by atoms with E-state index in [1.807, 2.05) is 12.1 Å². The molecule has 104 valence electrons. The Balaban J connectivity index is 1.87. The molecular weight excluding hydrogens is 259 g/mol. The minimum atomic E-state index is -0.132. The first-order chi connectivity index (χ1) is 9.16. The maximum atomic E-state index is 13.5. The summed E-state index contributed by atoms with van der Waals surface area (Å²) in [6.45, 7) is 5.09. The fourth-order valence-corrected chi connectivity index (χ4v) is 3.11. The summed E-state index contributed by atoms with van der Waals surface area (Å²) in [5.41, 5.74) is 0.744.